The molecule has 0 saturated carbocycles. The summed E-state index contributed by atoms with van der Waals surface area (Å²) in [5, 5.41) is 11.7. The maximum absolute atomic E-state index is 12.6. The summed E-state index contributed by atoms with van der Waals surface area (Å²) in [7, 11) is 3.95. The molecule has 0 aliphatic heterocycles. The Labute approximate surface area is 168 Å². The van der Waals surface area contributed by atoms with Crippen LogP contribution in [0.5, 0.6) is 0 Å². The molecule has 2 aromatic heterocycles. The van der Waals surface area contributed by atoms with E-state index < -0.39 is 0 Å². The van der Waals surface area contributed by atoms with Crippen LogP contribution in [0.4, 0.5) is 11.4 Å². The maximum atomic E-state index is 12.6. The van der Waals surface area contributed by atoms with Gasteiger partial charge in [0, 0.05) is 32.0 Å². The highest BCUT2D eigenvalue weighted by molar-refractivity contribution is 8.00. The van der Waals surface area contributed by atoms with Crippen molar-refractivity contribution in [3.05, 3.63) is 55.3 Å². The number of allylic oxidation sites excluding steroid dienone is 1. The van der Waals surface area contributed by atoms with Crippen LogP contribution in [0.25, 0.3) is 11.6 Å². The fourth-order valence-corrected chi connectivity index (χ4v) is 3.41. The Hall–Kier alpha value is -3.00. The van der Waals surface area contributed by atoms with E-state index in [0.717, 1.165) is 11.4 Å². The minimum Gasteiger partial charge on any atom is -0.461 e. The van der Waals surface area contributed by atoms with Gasteiger partial charge in [0.15, 0.2) is 10.9 Å². The molecule has 146 valence electrons. The predicted octanol–water partition coefficient (Wildman–Crippen LogP) is 3.91. The summed E-state index contributed by atoms with van der Waals surface area (Å²) in [6.45, 7) is 6.15. The molecule has 0 fully saturated rings. The lowest BCUT2D eigenvalue weighted by atomic mass is 10.2. The summed E-state index contributed by atoms with van der Waals surface area (Å²) in [5.74, 6) is 1.13. The fourth-order valence-electron chi connectivity index (χ4n) is 2.56. The highest BCUT2D eigenvalue weighted by atomic mass is 32.2. The molecule has 2 heterocycles. The Morgan fingerprint density at radius 2 is 2.07 bits per heavy atom. The first kappa shape index (κ1) is 19.8. The van der Waals surface area contributed by atoms with Crippen LogP contribution in [0.2, 0.25) is 0 Å². The van der Waals surface area contributed by atoms with Crippen molar-refractivity contribution in [3.8, 4) is 11.6 Å². The van der Waals surface area contributed by atoms with Crippen molar-refractivity contribution in [2.75, 3.05) is 24.3 Å². The minimum absolute atomic E-state index is 0.102. The number of rotatable bonds is 8. The summed E-state index contributed by atoms with van der Waals surface area (Å²) < 4.78 is 7.31. The number of aromatic nitrogens is 3. The van der Waals surface area contributed by atoms with Gasteiger partial charge in [0.2, 0.25) is 11.7 Å². The molecule has 1 aromatic carbocycles. The first-order valence-corrected chi connectivity index (χ1v) is 9.70. The minimum atomic E-state index is -0.356. The standard InChI is InChI=1S/C20H23N5O2S/c1-5-12-25-18(17-7-6-13-27-17)22-23-20(25)28-14(2)19(26)21-15-8-10-16(11-9-15)24(3)4/h5-11,13-14H,1,12H2,2-4H3,(H,21,26). The highest BCUT2D eigenvalue weighted by Crippen LogP contribution is 2.28. The van der Waals surface area contributed by atoms with Gasteiger partial charge in [-0.25, -0.2) is 0 Å². The number of hydrogen-bond acceptors (Lipinski definition) is 6. The fraction of sp³-hybridized carbons (Fsp3) is 0.250. The SMILES string of the molecule is C=CCn1c(SC(C)C(=O)Nc2ccc(N(C)C)cc2)nnc1-c1ccco1. The van der Waals surface area contributed by atoms with Gasteiger partial charge in [0.25, 0.3) is 0 Å². The summed E-state index contributed by atoms with van der Waals surface area (Å²) in [6.07, 6.45) is 3.35. The van der Waals surface area contributed by atoms with E-state index in [0.29, 0.717) is 23.3 Å². The Morgan fingerprint density at radius 3 is 2.68 bits per heavy atom. The number of thioether (sulfide) groups is 1. The molecule has 8 heteroatoms. The first-order valence-electron chi connectivity index (χ1n) is 8.82. The normalized spacial score (nSPS) is 11.8. The van der Waals surface area contributed by atoms with Crippen LogP contribution >= 0.6 is 11.8 Å². The third-order valence-electron chi connectivity index (χ3n) is 4.07. The van der Waals surface area contributed by atoms with Gasteiger partial charge in [0.1, 0.15) is 0 Å². The second-order valence-corrected chi connectivity index (χ2v) is 7.68. The molecule has 1 amide bonds. The lowest BCUT2D eigenvalue weighted by Gasteiger charge is -2.15. The molecule has 1 unspecified atom stereocenters. The second-order valence-electron chi connectivity index (χ2n) is 6.37. The van der Waals surface area contributed by atoms with Crippen LogP contribution in [0.3, 0.4) is 0 Å². The first-order chi connectivity index (χ1) is 13.5. The third kappa shape index (κ3) is 4.45. The van der Waals surface area contributed by atoms with Crippen LogP contribution in [0.15, 0.2) is 64.9 Å². The molecule has 1 N–H and O–H groups in total. The van der Waals surface area contributed by atoms with Crippen molar-refractivity contribution in [2.24, 2.45) is 0 Å². The van der Waals surface area contributed by atoms with E-state index in [1.165, 1.54) is 11.8 Å². The van der Waals surface area contributed by atoms with E-state index in [-0.39, 0.29) is 11.2 Å². The van der Waals surface area contributed by atoms with E-state index in [1.807, 2.05) is 60.8 Å². The van der Waals surface area contributed by atoms with Crippen molar-refractivity contribution in [1.82, 2.24) is 14.8 Å². The molecule has 1 atom stereocenters. The summed E-state index contributed by atoms with van der Waals surface area (Å²) >= 11 is 1.34. The molecule has 0 saturated heterocycles. The Morgan fingerprint density at radius 1 is 1.32 bits per heavy atom. The van der Waals surface area contributed by atoms with Gasteiger partial charge in [-0.3, -0.25) is 9.36 Å². The van der Waals surface area contributed by atoms with Crippen LogP contribution < -0.4 is 10.2 Å². The molecule has 3 rings (SSSR count). The molecule has 7 nitrogen and oxygen atoms in total. The van der Waals surface area contributed by atoms with E-state index >= 15 is 0 Å². The average Bonchev–Trinajstić information content (AvgIpc) is 3.33. The number of nitrogens with zero attached hydrogens (tertiary/aromatic N) is 4. The van der Waals surface area contributed by atoms with Gasteiger partial charge < -0.3 is 14.6 Å². The monoisotopic (exact) mass is 397 g/mol. The van der Waals surface area contributed by atoms with Gasteiger partial charge in [0.05, 0.1) is 11.5 Å². The topological polar surface area (TPSA) is 76.2 Å². The number of amides is 1. The van der Waals surface area contributed by atoms with Crippen LogP contribution in [0, 0.1) is 0 Å². The predicted molar refractivity (Wildman–Crippen MR) is 113 cm³/mol. The summed E-state index contributed by atoms with van der Waals surface area (Å²) in [4.78, 5) is 14.6. The molecule has 0 bridgehead atoms. The molecule has 0 aliphatic rings. The highest BCUT2D eigenvalue weighted by Gasteiger charge is 2.21. The average molecular weight is 398 g/mol. The zero-order valence-electron chi connectivity index (χ0n) is 16.1. The molecule has 3 aromatic rings. The number of furan rings is 1. The van der Waals surface area contributed by atoms with Crippen molar-refractivity contribution >= 4 is 29.0 Å². The van der Waals surface area contributed by atoms with Crippen LogP contribution in [0.1, 0.15) is 6.92 Å². The van der Waals surface area contributed by atoms with Gasteiger partial charge >= 0.3 is 0 Å². The number of carbonyl (C=O) groups is 1. The van der Waals surface area contributed by atoms with Crippen molar-refractivity contribution < 1.29 is 9.21 Å². The molecular formula is C20H23N5O2S. The van der Waals surface area contributed by atoms with Gasteiger partial charge in [-0.1, -0.05) is 17.8 Å². The zero-order valence-corrected chi connectivity index (χ0v) is 16.9. The molecule has 0 radical (unpaired) electrons. The Balaban J connectivity index is 1.70. The number of carbonyl (C=O) groups excluding carboxylic acids is 1. The van der Waals surface area contributed by atoms with E-state index in [2.05, 4.69) is 22.1 Å². The van der Waals surface area contributed by atoms with E-state index in [4.69, 9.17) is 4.42 Å². The summed E-state index contributed by atoms with van der Waals surface area (Å²) in [6, 6.07) is 11.3. The largest absolute Gasteiger partial charge is 0.461 e. The summed E-state index contributed by atoms with van der Waals surface area (Å²) in [5.41, 5.74) is 1.83. The van der Waals surface area contributed by atoms with E-state index in [1.54, 1.807) is 18.4 Å². The Kier molecular flexibility index (Phi) is 6.20. The van der Waals surface area contributed by atoms with E-state index in [9.17, 15) is 4.79 Å². The van der Waals surface area contributed by atoms with Gasteiger partial charge in [-0.2, -0.15) is 0 Å². The van der Waals surface area contributed by atoms with Crippen LogP contribution in [-0.4, -0.2) is 40.0 Å². The quantitative estimate of drug-likeness (QED) is 0.459. The molecule has 28 heavy (non-hydrogen) atoms. The Bertz CT molecular complexity index is 932. The number of anilines is 2. The molecule has 0 aliphatic carbocycles. The van der Waals surface area contributed by atoms with Gasteiger partial charge in [-0.15, -0.1) is 16.8 Å². The maximum Gasteiger partial charge on any atom is 0.237 e. The zero-order chi connectivity index (χ0) is 20.1. The molecule has 0 spiro atoms. The van der Waals surface area contributed by atoms with Crippen molar-refractivity contribution in [2.45, 2.75) is 23.9 Å². The number of nitrogens with one attached hydrogen (secondary N) is 1. The smallest absolute Gasteiger partial charge is 0.237 e. The number of hydrogen-bond donors (Lipinski definition) is 1. The third-order valence-corrected chi connectivity index (χ3v) is 5.15. The lowest BCUT2D eigenvalue weighted by Crippen LogP contribution is -2.23. The number of benzene rings is 1. The lowest BCUT2D eigenvalue weighted by molar-refractivity contribution is -0.115. The second kappa shape index (κ2) is 8.79. The van der Waals surface area contributed by atoms with Crippen LogP contribution in [-0.2, 0) is 11.3 Å². The molecular weight excluding hydrogens is 374 g/mol. The van der Waals surface area contributed by atoms with Crippen molar-refractivity contribution in [3.63, 3.8) is 0 Å². The van der Waals surface area contributed by atoms with Gasteiger partial charge in [-0.05, 0) is 43.3 Å². The van der Waals surface area contributed by atoms with Crippen molar-refractivity contribution in [1.29, 1.82) is 0 Å².